The van der Waals surface area contributed by atoms with Crippen LogP contribution in [0.25, 0.3) is 0 Å². The number of aliphatic hydroxyl groups is 1. The van der Waals surface area contributed by atoms with Crippen molar-refractivity contribution < 1.29 is 9.84 Å². The van der Waals surface area contributed by atoms with Crippen molar-refractivity contribution >= 4 is 0 Å². The molecule has 0 spiro atoms. The van der Waals surface area contributed by atoms with Gasteiger partial charge in [0.1, 0.15) is 5.75 Å². The van der Waals surface area contributed by atoms with Gasteiger partial charge in [-0.1, -0.05) is 32.0 Å². The molecule has 2 atom stereocenters. The summed E-state index contributed by atoms with van der Waals surface area (Å²) in [6, 6.07) is 8.21. The third-order valence-electron chi connectivity index (χ3n) is 3.38. The van der Waals surface area contributed by atoms with Gasteiger partial charge in [0.25, 0.3) is 0 Å². The summed E-state index contributed by atoms with van der Waals surface area (Å²) in [5.74, 6) is 2.01. The minimum atomic E-state index is -0.189. The highest BCUT2D eigenvalue weighted by atomic mass is 16.5. The zero-order valence-corrected chi connectivity index (χ0v) is 10.7. The number of benzene rings is 1. The average molecular weight is 234 g/mol. The van der Waals surface area contributed by atoms with Crippen molar-refractivity contribution in [3.63, 3.8) is 0 Å². The fraction of sp³-hybridized carbons (Fsp3) is 0.600. The van der Waals surface area contributed by atoms with Gasteiger partial charge in [0.05, 0.1) is 12.7 Å². The molecule has 1 aromatic rings. The number of hydrogen-bond donors (Lipinski definition) is 1. The first-order valence-electron chi connectivity index (χ1n) is 6.56. The van der Waals surface area contributed by atoms with E-state index in [0.717, 1.165) is 31.6 Å². The first-order chi connectivity index (χ1) is 8.16. The van der Waals surface area contributed by atoms with Gasteiger partial charge < -0.3 is 9.84 Å². The first-order valence-corrected chi connectivity index (χ1v) is 6.56. The van der Waals surface area contributed by atoms with Gasteiger partial charge in [-0.15, -0.1) is 0 Å². The molecule has 0 saturated heterocycles. The molecule has 1 aliphatic heterocycles. The van der Waals surface area contributed by atoms with Crippen LogP contribution in [-0.2, 0) is 0 Å². The van der Waals surface area contributed by atoms with E-state index in [2.05, 4.69) is 26.0 Å². The van der Waals surface area contributed by atoms with Crippen LogP contribution in [0.5, 0.6) is 5.75 Å². The SMILES string of the molecule is CC(C)CC(O)CC1CCOc2ccccc21. The molecule has 17 heavy (non-hydrogen) atoms. The number of para-hydroxylation sites is 1. The molecule has 1 aliphatic rings. The number of ether oxygens (including phenoxy) is 1. The number of hydrogen-bond acceptors (Lipinski definition) is 2. The molecule has 0 fully saturated rings. The Morgan fingerprint density at radius 1 is 1.35 bits per heavy atom. The van der Waals surface area contributed by atoms with E-state index in [1.807, 2.05) is 12.1 Å². The van der Waals surface area contributed by atoms with Gasteiger partial charge >= 0.3 is 0 Å². The molecule has 94 valence electrons. The molecular formula is C15H22O2. The molecule has 2 heteroatoms. The van der Waals surface area contributed by atoms with E-state index in [1.165, 1.54) is 5.56 Å². The minimum absolute atomic E-state index is 0.189. The molecule has 1 heterocycles. The van der Waals surface area contributed by atoms with Crippen LogP contribution in [0.4, 0.5) is 0 Å². The Labute approximate surface area is 104 Å². The average Bonchev–Trinajstić information content (AvgIpc) is 2.28. The van der Waals surface area contributed by atoms with Gasteiger partial charge in [0.15, 0.2) is 0 Å². The Bertz CT molecular complexity index is 360. The Balaban J connectivity index is 2.03. The lowest BCUT2D eigenvalue weighted by Crippen LogP contribution is -2.20. The second kappa shape index (κ2) is 5.54. The van der Waals surface area contributed by atoms with Gasteiger partial charge in [0.2, 0.25) is 0 Å². The maximum absolute atomic E-state index is 10.1. The summed E-state index contributed by atoms with van der Waals surface area (Å²) in [4.78, 5) is 0. The van der Waals surface area contributed by atoms with Crippen LogP contribution in [0, 0.1) is 5.92 Å². The molecule has 1 N–H and O–H groups in total. The van der Waals surface area contributed by atoms with E-state index in [-0.39, 0.29) is 6.10 Å². The van der Waals surface area contributed by atoms with E-state index in [4.69, 9.17) is 4.74 Å². The van der Waals surface area contributed by atoms with Crippen molar-refractivity contribution in [2.45, 2.75) is 45.1 Å². The van der Waals surface area contributed by atoms with Gasteiger partial charge in [-0.3, -0.25) is 0 Å². The lowest BCUT2D eigenvalue weighted by molar-refractivity contribution is 0.122. The van der Waals surface area contributed by atoms with E-state index >= 15 is 0 Å². The molecule has 0 aliphatic carbocycles. The predicted octanol–water partition coefficient (Wildman–Crippen LogP) is 3.35. The zero-order chi connectivity index (χ0) is 12.3. The van der Waals surface area contributed by atoms with Crippen LogP contribution in [0.1, 0.15) is 44.6 Å². The van der Waals surface area contributed by atoms with Crippen molar-refractivity contribution in [1.82, 2.24) is 0 Å². The number of fused-ring (bicyclic) bond motifs is 1. The maximum atomic E-state index is 10.1. The highest BCUT2D eigenvalue weighted by molar-refractivity contribution is 5.37. The monoisotopic (exact) mass is 234 g/mol. The second-order valence-electron chi connectivity index (χ2n) is 5.39. The summed E-state index contributed by atoms with van der Waals surface area (Å²) < 4.78 is 5.63. The fourth-order valence-electron chi connectivity index (χ4n) is 2.63. The van der Waals surface area contributed by atoms with Crippen LogP contribution in [0.2, 0.25) is 0 Å². The molecule has 1 aromatic carbocycles. The molecule has 0 saturated carbocycles. The van der Waals surface area contributed by atoms with Crippen LogP contribution in [-0.4, -0.2) is 17.8 Å². The van der Waals surface area contributed by atoms with Gasteiger partial charge in [0, 0.05) is 0 Å². The van der Waals surface area contributed by atoms with E-state index in [1.54, 1.807) is 0 Å². The molecule has 0 bridgehead atoms. The van der Waals surface area contributed by atoms with E-state index in [9.17, 15) is 5.11 Å². The largest absolute Gasteiger partial charge is 0.493 e. The Kier molecular flexibility index (Phi) is 4.06. The van der Waals surface area contributed by atoms with Gasteiger partial charge in [-0.2, -0.15) is 0 Å². The lowest BCUT2D eigenvalue weighted by Gasteiger charge is -2.27. The number of aliphatic hydroxyl groups excluding tert-OH is 1. The third kappa shape index (κ3) is 3.22. The third-order valence-corrected chi connectivity index (χ3v) is 3.38. The minimum Gasteiger partial charge on any atom is -0.493 e. The highest BCUT2D eigenvalue weighted by Crippen LogP contribution is 2.36. The van der Waals surface area contributed by atoms with Gasteiger partial charge in [-0.05, 0) is 42.7 Å². The Morgan fingerprint density at radius 2 is 2.12 bits per heavy atom. The summed E-state index contributed by atoms with van der Waals surface area (Å²) >= 11 is 0. The molecule has 0 aromatic heterocycles. The van der Waals surface area contributed by atoms with Crippen molar-refractivity contribution in [2.75, 3.05) is 6.61 Å². The first kappa shape index (κ1) is 12.4. The van der Waals surface area contributed by atoms with Crippen LogP contribution < -0.4 is 4.74 Å². The molecule has 2 rings (SSSR count). The van der Waals surface area contributed by atoms with Crippen molar-refractivity contribution in [3.8, 4) is 5.75 Å². The van der Waals surface area contributed by atoms with Crippen LogP contribution in [0.15, 0.2) is 24.3 Å². The highest BCUT2D eigenvalue weighted by Gasteiger charge is 2.23. The molecule has 0 amide bonds. The Hall–Kier alpha value is -1.02. The normalized spacial score (nSPS) is 20.8. The zero-order valence-electron chi connectivity index (χ0n) is 10.7. The molecule has 2 unspecified atom stereocenters. The molecule has 2 nitrogen and oxygen atoms in total. The lowest BCUT2D eigenvalue weighted by atomic mass is 9.86. The molecular weight excluding hydrogens is 212 g/mol. The Morgan fingerprint density at radius 3 is 2.88 bits per heavy atom. The number of rotatable bonds is 4. The summed E-state index contributed by atoms with van der Waals surface area (Å²) in [6.07, 6.45) is 2.58. The summed E-state index contributed by atoms with van der Waals surface area (Å²) in [7, 11) is 0. The topological polar surface area (TPSA) is 29.5 Å². The van der Waals surface area contributed by atoms with Crippen molar-refractivity contribution in [3.05, 3.63) is 29.8 Å². The molecule has 0 radical (unpaired) electrons. The van der Waals surface area contributed by atoms with Crippen LogP contribution in [0.3, 0.4) is 0 Å². The van der Waals surface area contributed by atoms with E-state index < -0.39 is 0 Å². The van der Waals surface area contributed by atoms with E-state index in [0.29, 0.717) is 11.8 Å². The fourth-order valence-corrected chi connectivity index (χ4v) is 2.63. The standard InChI is InChI=1S/C15H22O2/c1-11(2)9-13(16)10-12-7-8-17-15-6-4-3-5-14(12)15/h3-6,11-13,16H,7-10H2,1-2H3. The van der Waals surface area contributed by atoms with Crippen LogP contribution >= 0.6 is 0 Å². The summed E-state index contributed by atoms with van der Waals surface area (Å²) in [6.45, 7) is 5.08. The van der Waals surface area contributed by atoms with Gasteiger partial charge in [-0.25, -0.2) is 0 Å². The second-order valence-corrected chi connectivity index (χ2v) is 5.39. The smallest absolute Gasteiger partial charge is 0.122 e. The summed E-state index contributed by atoms with van der Waals surface area (Å²) in [5.41, 5.74) is 1.27. The maximum Gasteiger partial charge on any atom is 0.122 e. The quantitative estimate of drug-likeness (QED) is 0.865. The summed E-state index contributed by atoms with van der Waals surface area (Å²) in [5, 5.41) is 10.1. The van der Waals surface area contributed by atoms with Crippen molar-refractivity contribution in [2.24, 2.45) is 5.92 Å². The predicted molar refractivity (Wildman–Crippen MR) is 69.4 cm³/mol. The van der Waals surface area contributed by atoms with Crippen molar-refractivity contribution in [1.29, 1.82) is 0 Å².